The van der Waals surface area contributed by atoms with Gasteiger partial charge in [-0.15, -0.1) is 0 Å². The van der Waals surface area contributed by atoms with E-state index >= 15 is 0 Å². The zero-order chi connectivity index (χ0) is 23.2. The second-order valence-corrected chi connectivity index (χ2v) is 7.06. The zero-order valence-corrected chi connectivity index (χ0v) is 17.9. The maximum Gasteiger partial charge on any atom is 0.144 e. The fourth-order valence-corrected chi connectivity index (χ4v) is 3.34. The first-order chi connectivity index (χ1) is 16.1. The van der Waals surface area contributed by atoms with Crippen molar-refractivity contribution in [2.45, 2.75) is 13.5 Å². The van der Waals surface area contributed by atoms with Gasteiger partial charge in [0.2, 0.25) is 0 Å². The number of nitrogen functional groups attached to an aromatic ring is 1. The van der Waals surface area contributed by atoms with Gasteiger partial charge >= 0.3 is 0 Å². The van der Waals surface area contributed by atoms with Crippen molar-refractivity contribution in [3.8, 4) is 23.6 Å². The topological polar surface area (TPSA) is 130 Å². The van der Waals surface area contributed by atoms with E-state index in [1.165, 1.54) is 6.20 Å². The summed E-state index contributed by atoms with van der Waals surface area (Å²) < 4.78 is 11.3. The number of benzene rings is 2. The molecule has 4 rings (SSSR count). The third kappa shape index (κ3) is 4.60. The number of fused-ring (bicyclic) bond motifs is 1. The van der Waals surface area contributed by atoms with Gasteiger partial charge in [0.1, 0.15) is 30.2 Å². The minimum absolute atomic E-state index is 0.247. The van der Waals surface area contributed by atoms with Crippen LogP contribution in [0.4, 0.5) is 17.1 Å². The Kier molecular flexibility index (Phi) is 6.19. The monoisotopic (exact) mass is 436 g/mol. The first kappa shape index (κ1) is 21.4. The Morgan fingerprint density at radius 3 is 2.55 bits per heavy atom. The molecule has 8 heteroatoms. The molecule has 0 fully saturated rings. The summed E-state index contributed by atoms with van der Waals surface area (Å²) >= 11 is 0. The van der Waals surface area contributed by atoms with Gasteiger partial charge < -0.3 is 20.5 Å². The van der Waals surface area contributed by atoms with Gasteiger partial charge in [-0.25, -0.2) is 0 Å². The van der Waals surface area contributed by atoms with Crippen LogP contribution in [-0.2, 0) is 6.61 Å². The minimum Gasteiger partial charge on any atom is -0.492 e. The second kappa shape index (κ2) is 9.54. The third-order valence-corrected chi connectivity index (χ3v) is 4.89. The lowest BCUT2D eigenvalue weighted by molar-refractivity contribution is 0.300. The number of hydrogen-bond acceptors (Lipinski definition) is 8. The summed E-state index contributed by atoms with van der Waals surface area (Å²) in [6.07, 6.45) is 3.18. The number of rotatable bonds is 7. The van der Waals surface area contributed by atoms with Crippen molar-refractivity contribution in [3.63, 3.8) is 0 Å². The molecule has 0 aliphatic heterocycles. The van der Waals surface area contributed by atoms with E-state index in [9.17, 15) is 10.5 Å². The van der Waals surface area contributed by atoms with Crippen LogP contribution in [0.2, 0.25) is 0 Å². The van der Waals surface area contributed by atoms with E-state index in [1.54, 1.807) is 36.5 Å². The fraction of sp³-hybridized carbons (Fsp3) is 0.120. The van der Waals surface area contributed by atoms with Crippen molar-refractivity contribution in [1.82, 2.24) is 9.97 Å². The Morgan fingerprint density at radius 2 is 1.82 bits per heavy atom. The van der Waals surface area contributed by atoms with Crippen molar-refractivity contribution in [2.24, 2.45) is 0 Å². The molecule has 33 heavy (non-hydrogen) atoms. The summed E-state index contributed by atoms with van der Waals surface area (Å²) in [5.74, 6) is 0.980. The lowest BCUT2D eigenvalue weighted by Gasteiger charge is -2.15. The van der Waals surface area contributed by atoms with Crippen molar-refractivity contribution in [1.29, 1.82) is 10.5 Å². The molecule has 2 aromatic heterocycles. The Labute approximate surface area is 190 Å². The number of ether oxygens (including phenoxy) is 2. The maximum atomic E-state index is 9.63. The number of nitriles is 2. The summed E-state index contributed by atoms with van der Waals surface area (Å²) in [5.41, 5.74) is 9.84. The number of nitrogens with two attached hydrogens (primary N) is 1. The molecule has 162 valence electrons. The average Bonchev–Trinajstić information content (AvgIpc) is 2.85. The molecule has 0 atom stereocenters. The van der Waals surface area contributed by atoms with Gasteiger partial charge in [-0.1, -0.05) is 6.07 Å². The molecule has 0 saturated carbocycles. The minimum atomic E-state index is 0.247. The smallest absolute Gasteiger partial charge is 0.144 e. The molecule has 4 aromatic rings. The first-order valence-corrected chi connectivity index (χ1v) is 10.2. The number of nitrogens with one attached hydrogen (secondary N) is 1. The molecule has 0 aliphatic carbocycles. The number of nitrogens with zero attached hydrogens (tertiary/aromatic N) is 4. The van der Waals surface area contributed by atoms with Crippen LogP contribution in [-0.4, -0.2) is 16.6 Å². The first-order valence-electron chi connectivity index (χ1n) is 10.2. The Bertz CT molecular complexity index is 1390. The largest absolute Gasteiger partial charge is 0.492 e. The second-order valence-electron chi connectivity index (χ2n) is 7.06. The molecule has 0 unspecified atom stereocenters. The summed E-state index contributed by atoms with van der Waals surface area (Å²) in [5, 5.41) is 23.2. The predicted octanol–water partition coefficient (Wildman–Crippen LogP) is 4.68. The standard InChI is InChI=1S/C25H20N6O2/c1-2-32-24-11-22-20(10-21(24)28)25(17(13-27)14-30-22)31-18-6-7-23(16(9-18)12-26)33-15-19-5-3-4-8-29-19/h3-11,14H,2,15,28H2,1H3,(H,30,31). The normalized spacial score (nSPS) is 10.3. The number of aromatic nitrogens is 2. The summed E-state index contributed by atoms with van der Waals surface area (Å²) in [7, 11) is 0. The van der Waals surface area contributed by atoms with Crippen LogP contribution in [0.15, 0.2) is 60.9 Å². The Hall–Kier alpha value is -4.82. The molecule has 2 aromatic carbocycles. The average molecular weight is 436 g/mol. The van der Waals surface area contributed by atoms with Crippen LogP contribution >= 0.6 is 0 Å². The van der Waals surface area contributed by atoms with E-state index in [4.69, 9.17) is 15.2 Å². The molecule has 0 aliphatic rings. The Morgan fingerprint density at radius 1 is 0.970 bits per heavy atom. The lowest BCUT2D eigenvalue weighted by atomic mass is 10.1. The van der Waals surface area contributed by atoms with Crippen molar-refractivity contribution in [3.05, 3.63) is 77.7 Å². The molecule has 2 heterocycles. The van der Waals surface area contributed by atoms with Crippen LogP contribution in [0.3, 0.4) is 0 Å². The van der Waals surface area contributed by atoms with Gasteiger partial charge in [-0.3, -0.25) is 9.97 Å². The molecule has 0 saturated heterocycles. The third-order valence-electron chi connectivity index (χ3n) is 4.89. The van der Waals surface area contributed by atoms with E-state index in [2.05, 4.69) is 27.4 Å². The van der Waals surface area contributed by atoms with Crippen molar-refractivity contribution >= 4 is 28.0 Å². The van der Waals surface area contributed by atoms with Crippen LogP contribution in [0.5, 0.6) is 11.5 Å². The summed E-state index contributed by atoms with van der Waals surface area (Å²) in [6.45, 7) is 2.60. The highest BCUT2D eigenvalue weighted by atomic mass is 16.5. The van der Waals surface area contributed by atoms with Gasteiger partial charge in [-0.05, 0) is 43.3 Å². The van der Waals surface area contributed by atoms with Gasteiger partial charge in [0, 0.05) is 29.5 Å². The van der Waals surface area contributed by atoms with Gasteiger partial charge in [0.15, 0.2) is 0 Å². The van der Waals surface area contributed by atoms with E-state index in [0.29, 0.717) is 57.2 Å². The quantitative estimate of drug-likeness (QED) is 0.400. The van der Waals surface area contributed by atoms with E-state index in [1.807, 2.05) is 25.1 Å². The summed E-state index contributed by atoms with van der Waals surface area (Å²) in [4.78, 5) is 8.58. The number of anilines is 3. The molecule has 0 amide bonds. The van der Waals surface area contributed by atoms with E-state index in [-0.39, 0.29) is 6.61 Å². The van der Waals surface area contributed by atoms with Gasteiger partial charge in [-0.2, -0.15) is 10.5 Å². The van der Waals surface area contributed by atoms with Gasteiger partial charge in [0.25, 0.3) is 0 Å². The van der Waals surface area contributed by atoms with E-state index < -0.39 is 0 Å². The highest BCUT2D eigenvalue weighted by molar-refractivity contribution is 5.98. The van der Waals surface area contributed by atoms with Crippen LogP contribution in [0.1, 0.15) is 23.7 Å². The predicted molar refractivity (Wildman–Crippen MR) is 125 cm³/mol. The molecular formula is C25H20N6O2. The fourth-order valence-electron chi connectivity index (χ4n) is 3.34. The summed E-state index contributed by atoms with van der Waals surface area (Å²) in [6, 6.07) is 18.5. The SMILES string of the molecule is CCOc1cc2ncc(C#N)c(Nc3ccc(OCc4ccccn4)c(C#N)c3)c2cc1N. The van der Waals surface area contributed by atoms with Crippen LogP contribution in [0, 0.1) is 22.7 Å². The molecule has 0 radical (unpaired) electrons. The lowest BCUT2D eigenvalue weighted by Crippen LogP contribution is -2.02. The molecule has 0 bridgehead atoms. The number of hydrogen-bond donors (Lipinski definition) is 2. The number of pyridine rings is 2. The zero-order valence-electron chi connectivity index (χ0n) is 17.9. The van der Waals surface area contributed by atoms with E-state index in [0.717, 1.165) is 5.69 Å². The molecule has 0 spiro atoms. The van der Waals surface area contributed by atoms with Crippen LogP contribution in [0.25, 0.3) is 10.9 Å². The molecular weight excluding hydrogens is 416 g/mol. The molecule has 8 nitrogen and oxygen atoms in total. The maximum absolute atomic E-state index is 9.63. The highest BCUT2D eigenvalue weighted by Crippen LogP contribution is 2.35. The van der Waals surface area contributed by atoms with Crippen LogP contribution < -0.4 is 20.5 Å². The highest BCUT2D eigenvalue weighted by Gasteiger charge is 2.14. The van der Waals surface area contributed by atoms with Gasteiger partial charge in [0.05, 0.1) is 40.3 Å². The molecule has 3 N–H and O–H groups in total. The Balaban J connectivity index is 1.66. The van der Waals surface area contributed by atoms with Crippen molar-refractivity contribution in [2.75, 3.05) is 17.7 Å². The van der Waals surface area contributed by atoms with Crippen molar-refractivity contribution < 1.29 is 9.47 Å².